The number of phenolic OH excluding ortho intramolecular Hbond substituents is 1. The van der Waals surface area contributed by atoms with Crippen LogP contribution in [-0.2, 0) is 0 Å². The summed E-state index contributed by atoms with van der Waals surface area (Å²) in [5.41, 5.74) is 6.20. The number of aromatic hydroxyl groups is 1. The van der Waals surface area contributed by atoms with Crippen molar-refractivity contribution < 1.29 is 5.11 Å². The van der Waals surface area contributed by atoms with Crippen LogP contribution in [0.4, 0.5) is 5.69 Å². The lowest BCUT2D eigenvalue weighted by Gasteiger charge is -2.03. The lowest BCUT2D eigenvalue weighted by molar-refractivity contribution is 0.476. The molecule has 3 heteroatoms. The number of anilines is 1. The molecule has 0 saturated carbocycles. The lowest BCUT2D eigenvalue weighted by atomic mass is 10.2. The highest BCUT2D eigenvalue weighted by atomic mass is 35.5. The highest BCUT2D eigenvalue weighted by Crippen LogP contribution is 2.30. The minimum absolute atomic E-state index is 0.00694. The molecule has 0 amide bonds. The van der Waals surface area contributed by atoms with E-state index in [-0.39, 0.29) is 10.8 Å². The van der Waals surface area contributed by atoms with Crippen LogP contribution in [-0.4, -0.2) is 5.11 Å². The summed E-state index contributed by atoms with van der Waals surface area (Å²) >= 11 is 5.57. The van der Waals surface area contributed by atoms with Gasteiger partial charge in [0, 0.05) is 10.6 Å². The Morgan fingerprint density at radius 1 is 1.55 bits per heavy atom. The SMILES string of the molecule is C=C(Cl)c1cccc(N)c1O. The Kier molecular flexibility index (Phi) is 2.06. The van der Waals surface area contributed by atoms with Crippen LogP contribution in [0.5, 0.6) is 5.75 Å². The zero-order valence-corrected chi connectivity index (χ0v) is 6.60. The van der Waals surface area contributed by atoms with E-state index in [1.54, 1.807) is 18.2 Å². The summed E-state index contributed by atoms with van der Waals surface area (Å²) in [7, 11) is 0. The number of nitrogen functional groups attached to an aromatic ring is 1. The molecule has 0 aromatic heterocycles. The highest BCUT2D eigenvalue weighted by molar-refractivity contribution is 6.48. The molecular weight excluding hydrogens is 162 g/mol. The number of para-hydroxylation sites is 1. The zero-order valence-electron chi connectivity index (χ0n) is 5.84. The van der Waals surface area contributed by atoms with Crippen LogP contribution in [0.2, 0.25) is 0 Å². The van der Waals surface area contributed by atoms with Crippen molar-refractivity contribution in [2.24, 2.45) is 0 Å². The van der Waals surface area contributed by atoms with Crippen molar-refractivity contribution in [2.45, 2.75) is 0 Å². The van der Waals surface area contributed by atoms with Crippen LogP contribution in [0.3, 0.4) is 0 Å². The smallest absolute Gasteiger partial charge is 0.147 e. The number of phenols is 1. The second kappa shape index (κ2) is 2.84. The molecule has 0 bridgehead atoms. The van der Waals surface area contributed by atoms with Gasteiger partial charge in [-0.15, -0.1) is 0 Å². The number of halogens is 1. The Hall–Kier alpha value is -1.15. The number of benzene rings is 1. The molecular formula is C8H8ClNO. The molecule has 0 aliphatic heterocycles. The molecule has 1 aromatic rings. The first-order valence-corrected chi connectivity index (χ1v) is 3.43. The van der Waals surface area contributed by atoms with E-state index in [1.807, 2.05) is 0 Å². The standard InChI is InChI=1S/C8H8ClNO/c1-5(9)6-3-2-4-7(10)8(6)11/h2-4,11H,1,10H2. The van der Waals surface area contributed by atoms with Crippen LogP contribution in [0.1, 0.15) is 5.56 Å². The first-order valence-electron chi connectivity index (χ1n) is 3.05. The summed E-state index contributed by atoms with van der Waals surface area (Å²) in [6, 6.07) is 4.96. The van der Waals surface area contributed by atoms with E-state index in [4.69, 9.17) is 17.3 Å². The molecule has 2 nitrogen and oxygen atoms in total. The normalized spacial score (nSPS) is 9.55. The fourth-order valence-corrected chi connectivity index (χ4v) is 0.933. The third kappa shape index (κ3) is 1.46. The van der Waals surface area contributed by atoms with Gasteiger partial charge in [-0.2, -0.15) is 0 Å². The average Bonchev–Trinajstić information content (AvgIpc) is 1.94. The fraction of sp³-hybridized carbons (Fsp3) is 0. The van der Waals surface area contributed by atoms with Crippen LogP contribution < -0.4 is 5.73 Å². The van der Waals surface area contributed by atoms with Crippen molar-refractivity contribution in [2.75, 3.05) is 5.73 Å². The van der Waals surface area contributed by atoms with Gasteiger partial charge in [0.25, 0.3) is 0 Å². The molecule has 0 unspecified atom stereocenters. The summed E-state index contributed by atoms with van der Waals surface area (Å²) < 4.78 is 0. The number of hydrogen-bond acceptors (Lipinski definition) is 2. The van der Waals surface area contributed by atoms with Crippen molar-refractivity contribution in [3.8, 4) is 5.75 Å². The van der Waals surface area contributed by atoms with Gasteiger partial charge >= 0.3 is 0 Å². The van der Waals surface area contributed by atoms with Crippen LogP contribution in [0, 0.1) is 0 Å². The molecule has 0 aliphatic carbocycles. The highest BCUT2D eigenvalue weighted by Gasteiger charge is 2.04. The molecule has 0 atom stereocenters. The van der Waals surface area contributed by atoms with Gasteiger partial charge in [-0.3, -0.25) is 0 Å². The Morgan fingerprint density at radius 2 is 2.18 bits per heavy atom. The molecule has 0 aliphatic rings. The molecule has 1 rings (SSSR count). The number of nitrogens with two attached hydrogens (primary N) is 1. The molecule has 0 spiro atoms. The first kappa shape index (κ1) is 7.95. The minimum Gasteiger partial charge on any atom is -0.505 e. The Bertz CT molecular complexity index is 296. The van der Waals surface area contributed by atoms with Gasteiger partial charge in [0.15, 0.2) is 0 Å². The Balaban J connectivity index is 3.27. The van der Waals surface area contributed by atoms with Crippen molar-refractivity contribution in [1.82, 2.24) is 0 Å². The average molecular weight is 170 g/mol. The van der Waals surface area contributed by atoms with E-state index in [2.05, 4.69) is 6.58 Å². The maximum Gasteiger partial charge on any atom is 0.147 e. The van der Waals surface area contributed by atoms with Crippen LogP contribution in [0.15, 0.2) is 24.8 Å². The largest absolute Gasteiger partial charge is 0.505 e. The van der Waals surface area contributed by atoms with E-state index >= 15 is 0 Å². The van der Waals surface area contributed by atoms with Crippen molar-refractivity contribution >= 4 is 22.3 Å². The van der Waals surface area contributed by atoms with Gasteiger partial charge in [0.2, 0.25) is 0 Å². The molecule has 3 N–H and O–H groups in total. The molecule has 0 heterocycles. The summed E-state index contributed by atoms with van der Waals surface area (Å²) in [5.74, 6) is -0.00694. The fourth-order valence-electron chi connectivity index (χ4n) is 0.780. The van der Waals surface area contributed by atoms with Crippen LogP contribution >= 0.6 is 11.6 Å². The van der Waals surface area contributed by atoms with Gasteiger partial charge in [0.1, 0.15) is 5.75 Å². The maximum absolute atomic E-state index is 9.30. The van der Waals surface area contributed by atoms with Gasteiger partial charge < -0.3 is 10.8 Å². The lowest BCUT2D eigenvalue weighted by Crippen LogP contribution is -1.87. The summed E-state index contributed by atoms with van der Waals surface area (Å²) in [5, 5.41) is 9.58. The third-order valence-corrected chi connectivity index (χ3v) is 1.56. The molecule has 0 radical (unpaired) electrons. The van der Waals surface area contributed by atoms with E-state index < -0.39 is 0 Å². The van der Waals surface area contributed by atoms with Crippen molar-refractivity contribution in [3.63, 3.8) is 0 Å². The second-order valence-corrected chi connectivity index (χ2v) is 2.60. The Morgan fingerprint density at radius 3 is 2.64 bits per heavy atom. The van der Waals surface area contributed by atoms with E-state index in [9.17, 15) is 5.11 Å². The minimum atomic E-state index is -0.00694. The van der Waals surface area contributed by atoms with Crippen molar-refractivity contribution in [1.29, 1.82) is 0 Å². The first-order chi connectivity index (χ1) is 5.13. The molecule has 0 saturated heterocycles. The van der Waals surface area contributed by atoms with Crippen LogP contribution in [0.25, 0.3) is 5.03 Å². The van der Waals surface area contributed by atoms with Crippen molar-refractivity contribution in [3.05, 3.63) is 30.3 Å². The molecule has 11 heavy (non-hydrogen) atoms. The van der Waals surface area contributed by atoms with E-state index in [1.165, 1.54) is 0 Å². The van der Waals surface area contributed by atoms with E-state index in [0.29, 0.717) is 11.3 Å². The van der Waals surface area contributed by atoms with Gasteiger partial charge in [0.05, 0.1) is 5.69 Å². The zero-order chi connectivity index (χ0) is 8.43. The second-order valence-electron chi connectivity index (χ2n) is 2.15. The predicted molar refractivity (Wildman–Crippen MR) is 47.4 cm³/mol. The van der Waals surface area contributed by atoms with E-state index in [0.717, 1.165) is 0 Å². The van der Waals surface area contributed by atoms with Gasteiger partial charge in [-0.05, 0) is 12.1 Å². The van der Waals surface area contributed by atoms with Gasteiger partial charge in [-0.25, -0.2) is 0 Å². The number of hydrogen-bond donors (Lipinski definition) is 2. The third-order valence-electron chi connectivity index (χ3n) is 1.36. The van der Waals surface area contributed by atoms with Gasteiger partial charge in [-0.1, -0.05) is 24.2 Å². The monoisotopic (exact) mass is 169 g/mol. The molecule has 0 fully saturated rings. The maximum atomic E-state index is 9.30. The predicted octanol–water partition coefficient (Wildman–Crippen LogP) is 2.18. The summed E-state index contributed by atoms with van der Waals surface area (Å²) in [4.78, 5) is 0. The topological polar surface area (TPSA) is 46.2 Å². The molecule has 1 aromatic carbocycles. The summed E-state index contributed by atoms with van der Waals surface area (Å²) in [6.07, 6.45) is 0. The quantitative estimate of drug-likeness (QED) is 0.500. The molecule has 58 valence electrons. The Labute approximate surface area is 69.9 Å². The number of rotatable bonds is 1. The summed E-state index contributed by atoms with van der Waals surface area (Å²) in [6.45, 7) is 3.48.